The van der Waals surface area contributed by atoms with E-state index in [0.29, 0.717) is 11.4 Å². The summed E-state index contributed by atoms with van der Waals surface area (Å²) in [4.78, 5) is 0. The topological polar surface area (TPSA) is 86.7 Å². The molecule has 0 spiro atoms. The molecule has 18 heavy (non-hydrogen) atoms. The van der Waals surface area contributed by atoms with Crippen LogP contribution in [0.5, 0.6) is 5.75 Å². The number of hydrogen-bond donors (Lipinski definition) is 3. The molecular formula is C11H14FN5O. The molecule has 0 amide bonds. The molecule has 0 radical (unpaired) electrons. The number of aromatic hydroxyl groups is 1. The molecule has 1 aromatic carbocycles. The molecule has 0 aliphatic heterocycles. The maximum absolute atomic E-state index is 13.1. The zero-order valence-electron chi connectivity index (χ0n) is 10.1. The molecule has 0 aliphatic carbocycles. The Kier molecular flexibility index (Phi) is 3.52. The zero-order chi connectivity index (χ0) is 13.1. The first-order chi connectivity index (χ1) is 8.58. The van der Waals surface area contributed by atoms with Crippen molar-refractivity contribution in [3.63, 3.8) is 0 Å². The van der Waals surface area contributed by atoms with E-state index in [4.69, 9.17) is 0 Å². The molecule has 0 aliphatic rings. The monoisotopic (exact) mass is 251 g/mol. The summed E-state index contributed by atoms with van der Waals surface area (Å²) in [5.41, 5.74) is 0.491. The normalized spacial score (nSPS) is 14.4. The summed E-state index contributed by atoms with van der Waals surface area (Å²) in [6, 6.07) is 3.45. The highest BCUT2D eigenvalue weighted by molar-refractivity contribution is 5.34. The lowest BCUT2D eigenvalue weighted by Crippen LogP contribution is -2.23. The first kappa shape index (κ1) is 12.4. The second kappa shape index (κ2) is 5.09. The van der Waals surface area contributed by atoms with E-state index < -0.39 is 0 Å². The second-order valence-electron chi connectivity index (χ2n) is 4.08. The number of benzene rings is 1. The summed E-state index contributed by atoms with van der Waals surface area (Å²) < 4.78 is 13.1. The van der Waals surface area contributed by atoms with Gasteiger partial charge in [-0.25, -0.2) is 4.39 Å². The number of tetrazole rings is 1. The Labute approximate surface area is 103 Å². The molecular weight excluding hydrogens is 237 g/mol. The molecule has 1 heterocycles. The number of nitrogens with zero attached hydrogens (tertiary/aromatic N) is 3. The van der Waals surface area contributed by atoms with Gasteiger partial charge in [-0.1, -0.05) is 5.21 Å². The fourth-order valence-electron chi connectivity index (χ4n) is 1.76. The van der Waals surface area contributed by atoms with E-state index in [1.54, 1.807) is 0 Å². The second-order valence-corrected chi connectivity index (χ2v) is 4.08. The number of H-pyrrole nitrogens is 1. The van der Waals surface area contributed by atoms with E-state index in [1.807, 2.05) is 13.8 Å². The van der Waals surface area contributed by atoms with Crippen LogP contribution in [0.2, 0.25) is 0 Å². The van der Waals surface area contributed by atoms with Gasteiger partial charge < -0.3 is 10.4 Å². The highest BCUT2D eigenvalue weighted by Gasteiger charge is 2.17. The van der Waals surface area contributed by atoms with E-state index in [1.165, 1.54) is 18.2 Å². The van der Waals surface area contributed by atoms with Crippen LogP contribution in [0.4, 0.5) is 4.39 Å². The summed E-state index contributed by atoms with van der Waals surface area (Å²) in [6.45, 7) is 3.68. The van der Waals surface area contributed by atoms with Crippen molar-refractivity contribution in [3.8, 4) is 5.75 Å². The quantitative estimate of drug-likeness (QED) is 0.765. The largest absolute Gasteiger partial charge is 0.508 e. The molecule has 0 fully saturated rings. The fourth-order valence-corrected chi connectivity index (χ4v) is 1.76. The summed E-state index contributed by atoms with van der Waals surface area (Å²) in [7, 11) is 0. The Morgan fingerprint density at radius 3 is 2.78 bits per heavy atom. The SMILES string of the molecule is CC(NC(C)c1cc(F)ccc1O)c1nn[nH]n1. The maximum Gasteiger partial charge on any atom is 0.191 e. The number of halogens is 1. The number of phenolic OH excluding ortho intramolecular Hbond substituents is 1. The van der Waals surface area contributed by atoms with Crippen molar-refractivity contribution in [2.45, 2.75) is 25.9 Å². The van der Waals surface area contributed by atoms with E-state index >= 15 is 0 Å². The van der Waals surface area contributed by atoms with Crippen LogP contribution in [0, 0.1) is 5.82 Å². The number of aromatic nitrogens is 4. The van der Waals surface area contributed by atoms with Crippen LogP contribution < -0.4 is 5.32 Å². The minimum absolute atomic E-state index is 0.0525. The predicted molar refractivity (Wildman–Crippen MR) is 62.2 cm³/mol. The van der Waals surface area contributed by atoms with Gasteiger partial charge in [-0.2, -0.15) is 5.21 Å². The van der Waals surface area contributed by atoms with Crippen LogP contribution >= 0.6 is 0 Å². The van der Waals surface area contributed by atoms with Gasteiger partial charge in [0, 0.05) is 11.6 Å². The number of nitrogens with one attached hydrogen (secondary N) is 2. The zero-order valence-corrected chi connectivity index (χ0v) is 10.1. The molecule has 2 rings (SSSR count). The molecule has 2 unspecified atom stereocenters. The number of hydrogen-bond acceptors (Lipinski definition) is 5. The van der Waals surface area contributed by atoms with Gasteiger partial charge in [0.1, 0.15) is 11.6 Å². The number of aromatic amines is 1. The van der Waals surface area contributed by atoms with Crippen molar-refractivity contribution < 1.29 is 9.50 Å². The standard InChI is InChI=1S/C11H14FN5O/c1-6(9-5-8(12)3-4-10(9)18)13-7(2)11-14-16-17-15-11/h3-7,13,18H,1-2H3,(H,14,15,16,17). The summed E-state index contributed by atoms with van der Waals surface area (Å²) in [5, 5.41) is 26.4. The van der Waals surface area contributed by atoms with Crippen LogP contribution in [0.1, 0.15) is 37.3 Å². The van der Waals surface area contributed by atoms with E-state index in [-0.39, 0.29) is 23.7 Å². The van der Waals surface area contributed by atoms with Gasteiger partial charge in [0.05, 0.1) is 6.04 Å². The molecule has 0 saturated heterocycles. The van der Waals surface area contributed by atoms with Gasteiger partial charge in [-0.3, -0.25) is 0 Å². The minimum Gasteiger partial charge on any atom is -0.508 e. The minimum atomic E-state index is -0.385. The molecule has 2 aromatic rings. The summed E-state index contributed by atoms with van der Waals surface area (Å²) in [6.07, 6.45) is 0. The van der Waals surface area contributed by atoms with Crippen molar-refractivity contribution in [3.05, 3.63) is 35.4 Å². The molecule has 6 nitrogen and oxygen atoms in total. The van der Waals surface area contributed by atoms with E-state index in [2.05, 4.69) is 25.9 Å². The third kappa shape index (κ3) is 2.62. The van der Waals surface area contributed by atoms with Crippen molar-refractivity contribution in [1.29, 1.82) is 0 Å². The van der Waals surface area contributed by atoms with Crippen LogP contribution in [-0.4, -0.2) is 25.7 Å². The first-order valence-corrected chi connectivity index (χ1v) is 5.55. The third-order valence-electron chi connectivity index (χ3n) is 2.71. The Bertz CT molecular complexity index is 516. The number of phenols is 1. The molecule has 1 aromatic heterocycles. The van der Waals surface area contributed by atoms with Crippen molar-refractivity contribution in [2.75, 3.05) is 0 Å². The van der Waals surface area contributed by atoms with Crippen molar-refractivity contribution >= 4 is 0 Å². The summed E-state index contributed by atoms with van der Waals surface area (Å²) in [5.74, 6) is 0.179. The molecule has 7 heteroatoms. The smallest absolute Gasteiger partial charge is 0.191 e. The predicted octanol–water partition coefficient (Wildman–Crippen LogP) is 1.46. The average Bonchev–Trinajstić information content (AvgIpc) is 2.85. The highest BCUT2D eigenvalue weighted by Crippen LogP contribution is 2.26. The lowest BCUT2D eigenvalue weighted by Gasteiger charge is -2.18. The lowest BCUT2D eigenvalue weighted by atomic mass is 10.1. The van der Waals surface area contributed by atoms with Crippen LogP contribution in [0.15, 0.2) is 18.2 Å². The van der Waals surface area contributed by atoms with Gasteiger partial charge in [0.25, 0.3) is 0 Å². The molecule has 0 saturated carbocycles. The van der Waals surface area contributed by atoms with Crippen LogP contribution in [0.25, 0.3) is 0 Å². The van der Waals surface area contributed by atoms with Gasteiger partial charge in [-0.15, -0.1) is 10.2 Å². The highest BCUT2D eigenvalue weighted by atomic mass is 19.1. The Balaban J connectivity index is 2.12. The molecule has 3 N–H and O–H groups in total. The van der Waals surface area contributed by atoms with Gasteiger partial charge in [0.15, 0.2) is 5.82 Å². The van der Waals surface area contributed by atoms with E-state index in [9.17, 15) is 9.50 Å². The van der Waals surface area contributed by atoms with Crippen molar-refractivity contribution in [2.24, 2.45) is 0 Å². The van der Waals surface area contributed by atoms with Crippen LogP contribution in [-0.2, 0) is 0 Å². The van der Waals surface area contributed by atoms with Crippen LogP contribution in [0.3, 0.4) is 0 Å². The van der Waals surface area contributed by atoms with Crippen molar-refractivity contribution in [1.82, 2.24) is 25.9 Å². The van der Waals surface area contributed by atoms with Gasteiger partial charge in [-0.05, 0) is 32.0 Å². The lowest BCUT2D eigenvalue weighted by molar-refractivity contribution is 0.430. The fraction of sp³-hybridized carbons (Fsp3) is 0.364. The molecule has 96 valence electrons. The molecule has 0 bridgehead atoms. The van der Waals surface area contributed by atoms with E-state index in [0.717, 1.165) is 0 Å². The summed E-state index contributed by atoms with van der Waals surface area (Å²) >= 11 is 0. The third-order valence-corrected chi connectivity index (χ3v) is 2.71. The Morgan fingerprint density at radius 1 is 1.33 bits per heavy atom. The number of rotatable bonds is 4. The first-order valence-electron chi connectivity index (χ1n) is 5.55. The maximum atomic E-state index is 13.1. The Hall–Kier alpha value is -2.02. The average molecular weight is 251 g/mol. The Morgan fingerprint density at radius 2 is 2.11 bits per heavy atom. The van der Waals surface area contributed by atoms with Gasteiger partial charge in [0.2, 0.25) is 0 Å². The molecule has 2 atom stereocenters. The van der Waals surface area contributed by atoms with Gasteiger partial charge >= 0.3 is 0 Å².